The highest BCUT2D eigenvalue weighted by molar-refractivity contribution is 5.96. The number of nitrogens with two attached hydrogens (primary N) is 1. The fourth-order valence-electron chi connectivity index (χ4n) is 2.88. The summed E-state index contributed by atoms with van der Waals surface area (Å²) in [6, 6.07) is 6.68. The molecular weight excluding hydrogens is 306 g/mol. The second kappa shape index (κ2) is 6.33. The lowest BCUT2D eigenvalue weighted by Crippen LogP contribution is -2.09. The molecule has 0 fully saturated rings. The highest BCUT2D eigenvalue weighted by Crippen LogP contribution is 2.39. The zero-order chi connectivity index (χ0) is 17.3. The number of esters is 1. The number of phenolic OH excluding ortho intramolecular Hbond substituents is 1. The Morgan fingerprint density at radius 1 is 1.38 bits per heavy atom. The standard InChI is InChI=1S/C18H19N3O3/c1-11-13(7-8-19)16-14(21(11)2)5-6-15(17(16)22)24-18(23)12-4-3-9-20-10-12/h3-6,9-10,22H,7-8,19H2,1-2H3. The Hall–Kier alpha value is -2.86. The number of pyridine rings is 1. The van der Waals surface area contributed by atoms with Gasteiger partial charge in [0.2, 0.25) is 0 Å². The molecule has 0 atom stereocenters. The first-order valence-corrected chi connectivity index (χ1v) is 7.66. The lowest BCUT2D eigenvalue weighted by molar-refractivity contribution is 0.0729. The minimum absolute atomic E-state index is 0.0445. The smallest absolute Gasteiger partial charge is 0.345 e. The fraction of sp³-hybridized carbons (Fsp3) is 0.222. The van der Waals surface area contributed by atoms with Crippen LogP contribution in [0, 0.1) is 6.92 Å². The summed E-state index contributed by atoms with van der Waals surface area (Å²) >= 11 is 0. The summed E-state index contributed by atoms with van der Waals surface area (Å²) in [6.07, 6.45) is 3.63. The average Bonchev–Trinajstić information content (AvgIpc) is 2.84. The number of aryl methyl sites for hydroxylation is 1. The first kappa shape index (κ1) is 16.0. The van der Waals surface area contributed by atoms with Gasteiger partial charge in [0.25, 0.3) is 0 Å². The Bertz CT molecular complexity index is 901. The largest absolute Gasteiger partial charge is 0.504 e. The third-order valence-electron chi connectivity index (χ3n) is 4.22. The zero-order valence-electron chi connectivity index (χ0n) is 13.6. The number of phenols is 1. The molecule has 0 amide bonds. The van der Waals surface area contributed by atoms with E-state index in [4.69, 9.17) is 10.5 Å². The van der Waals surface area contributed by atoms with Crippen LogP contribution in [0.2, 0.25) is 0 Å². The molecule has 2 aromatic heterocycles. The Kier molecular flexibility index (Phi) is 4.22. The van der Waals surface area contributed by atoms with Gasteiger partial charge in [0.15, 0.2) is 11.5 Å². The molecule has 0 aliphatic rings. The van der Waals surface area contributed by atoms with Crippen molar-refractivity contribution in [3.63, 3.8) is 0 Å². The first-order valence-electron chi connectivity index (χ1n) is 7.66. The van der Waals surface area contributed by atoms with Gasteiger partial charge in [-0.3, -0.25) is 4.98 Å². The summed E-state index contributed by atoms with van der Waals surface area (Å²) in [7, 11) is 1.93. The average molecular weight is 325 g/mol. The van der Waals surface area contributed by atoms with E-state index in [1.807, 2.05) is 24.6 Å². The van der Waals surface area contributed by atoms with Gasteiger partial charge in [0.05, 0.1) is 11.1 Å². The molecule has 0 saturated heterocycles. The van der Waals surface area contributed by atoms with Gasteiger partial charge in [-0.2, -0.15) is 0 Å². The van der Waals surface area contributed by atoms with Gasteiger partial charge in [0, 0.05) is 30.5 Å². The molecular formula is C18H19N3O3. The van der Waals surface area contributed by atoms with Crippen LogP contribution in [0.15, 0.2) is 36.7 Å². The molecule has 6 heteroatoms. The van der Waals surface area contributed by atoms with E-state index in [1.165, 1.54) is 6.20 Å². The van der Waals surface area contributed by atoms with Crippen LogP contribution >= 0.6 is 0 Å². The van der Waals surface area contributed by atoms with E-state index in [-0.39, 0.29) is 11.5 Å². The van der Waals surface area contributed by atoms with Crippen LogP contribution in [-0.2, 0) is 13.5 Å². The normalized spacial score (nSPS) is 11.0. The molecule has 0 unspecified atom stereocenters. The van der Waals surface area contributed by atoms with Gasteiger partial charge in [-0.1, -0.05) is 0 Å². The van der Waals surface area contributed by atoms with Gasteiger partial charge >= 0.3 is 5.97 Å². The van der Waals surface area contributed by atoms with Crippen LogP contribution in [0.4, 0.5) is 0 Å². The second-order valence-electron chi connectivity index (χ2n) is 5.60. The highest BCUT2D eigenvalue weighted by Gasteiger charge is 2.20. The Morgan fingerprint density at radius 2 is 2.17 bits per heavy atom. The Balaban J connectivity index is 2.05. The van der Waals surface area contributed by atoms with Gasteiger partial charge in [-0.05, 0) is 49.7 Å². The lowest BCUT2D eigenvalue weighted by Gasteiger charge is -2.08. The molecule has 24 heavy (non-hydrogen) atoms. The molecule has 1 aromatic carbocycles. The van der Waals surface area contributed by atoms with Crippen LogP contribution < -0.4 is 10.5 Å². The molecule has 124 valence electrons. The third-order valence-corrected chi connectivity index (χ3v) is 4.22. The molecule has 6 nitrogen and oxygen atoms in total. The summed E-state index contributed by atoms with van der Waals surface area (Å²) in [5.74, 6) is -0.483. The molecule has 0 radical (unpaired) electrons. The minimum Gasteiger partial charge on any atom is -0.504 e. The molecule has 3 N–H and O–H groups in total. The summed E-state index contributed by atoms with van der Waals surface area (Å²) < 4.78 is 7.34. The first-order chi connectivity index (χ1) is 11.5. The predicted octanol–water partition coefficient (Wildman–Crippen LogP) is 2.31. The number of ether oxygens (including phenoxy) is 1. The van der Waals surface area contributed by atoms with Crippen molar-refractivity contribution < 1.29 is 14.6 Å². The van der Waals surface area contributed by atoms with Crippen molar-refractivity contribution in [1.29, 1.82) is 0 Å². The topological polar surface area (TPSA) is 90.4 Å². The number of carbonyl (C=O) groups is 1. The number of fused-ring (bicyclic) bond motifs is 1. The molecule has 0 saturated carbocycles. The number of benzene rings is 1. The van der Waals surface area contributed by atoms with E-state index in [0.717, 1.165) is 16.8 Å². The van der Waals surface area contributed by atoms with Gasteiger partial charge in [0.1, 0.15) is 0 Å². The highest BCUT2D eigenvalue weighted by atomic mass is 16.5. The minimum atomic E-state index is -0.564. The summed E-state index contributed by atoms with van der Waals surface area (Å²) in [5.41, 5.74) is 8.88. The maximum Gasteiger partial charge on any atom is 0.345 e. The van der Waals surface area contributed by atoms with Crippen molar-refractivity contribution in [1.82, 2.24) is 9.55 Å². The molecule has 3 rings (SSSR count). The van der Waals surface area contributed by atoms with E-state index in [9.17, 15) is 9.90 Å². The Morgan fingerprint density at radius 3 is 2.83 bits per heavy atom. The van der Waals surface area contributed by atoms with Crippen molar-refractivity contribution in [2.45, 2.75) is 13.3 Å². The van der Waals surface area contributed by atoms with E-state index >= 15 is 0 Å². The van der Waals surface area contributed by atoms with E-state index in [1.54, 1.807) is 24.4 Å². The third kappa shape index (κ3) is 2.61. The Labute approximate surface area is 139 Å². The molecule has 2 heterocycles. The number of aromatic nitrogens is 2. The summed E-state index contributed by atoms with van der Waals surface area (Å²) in [4.78, 5) is 16.1. The van der Waals surface area contributed by atoms with E-state index in [0.29, 0.717) is 23.9 Å². The molecule has 3 aromatic rings. The van der Waals surface area contributed by atoms with Gasteiger partial charge < -0.3 is 20.1 Å². The van der Waals surface area contributed by atoms with Crippen molar-refractivity contribution in [3.05, 3.63) is 53.5 Å². The molecule has 0 aliphatic heterocycles. The zero-order valence-corrected chi connectivity index (χ0v) is 13.6. The van der Waals surface area contributed by atoms with Crippen LogP contribution in [0.5, 0.6) is 11.5 Å². The summed E-state index contributed by atoms with van der Waals surface area (Å²) in [5, 5.41) is 11.3. The van der Waals surface area contributed by atoms with Crippen molar-refractivity contribution in [3.8, 4) is 11.5 Å². The lowest BCUT2D eigenvalue weighted by atomic mass is 10.1. The van der Waals surface area contributed by atoms with Crippen molar-refractivity contribution in [2.75, 3.05) is 6.54 Å². The van der Waals surface area contributed by atoms with Crippen molar-refractivity contribution >= 4 is 16.9 Å². The monoisotopic (exact) mass is 325 g/mol. The second-order valence-corrected chi connectivity index (χ2v) is 5.60. The van der Waals surface area contributed by atoms with Gasteiger partial charge in [-0.15, -0.1) is 0 Å². The van der Waals surface area contributed by atoms with Crippen LogP contribution in [0.1, 0.15) is 21.6 Å². The number of hydrogen-bond donors (Lipinski definition) is 2. The van der Waals surface area contributed by atoms with Crippen molar-refractivity contribution in [2.24, 2.45) is 12.8 Å². The number of hydrogen-bond acceptors (Lipinski definition) is 5. The van der Waals surface area contributed by atoms with E-state index in [2.05, 4.69) is 4.98 Å². The number of aromatic hydroxyl groups is 1. The number of nitrogens with zero attached hydrogens (tertiary/aromatic N) is 2. The molecule has 0 bridgehead atoms. The molecule has 0 spiro atoms. The van der Waals surface area contributed by atoms with Crippen LogP contribution in [0.25, 0.3) is 10.9 Å². The molecule has 0 aliphatic carbocycles. The maximum atomic E-state index is 12.2. The van der Waals surface area contributed by atoms with E-state index < -0.39 is 5.97 Å². The van der Waals surface area contributed by atoms with Crippen LogP contribution in [-0.4, -0.2) is 27.2 Å². The SMILES string of the molecule is Cc1c(CCN)c2c(O)c(OC(=O)c3cccnc3)ccc2n1C. The quantitative estimate of drug-likeness (QED) is 0.567. The van der Waals surface area contributed by atoms with Gasteiger partial charge in [-0.25, -0.2) is 4.79 Å². The fourth-order valence-corrected chi connectivity index (χ4v) is 2.88. The predicted molar refractivity (Wildman–Crippen MR) is 91.3 cm³/mol. The van der Waals surface area contributed by atoms with Crippen LogP contribution in [0.3, 0.4) is 0 Å². The number of carbonyl (C=O) groups excluding carboxylic acids is 1. The summed E-state index contributed by atoms with van der Waals surface area (Å²) in [6.45, 7) is 2.45. The maximum absolute atomic E-state index is 12.2. The number of rotatable bonds is 4.